The van der Waals surface area contributed by atoms with E-state index < -0.39 is 0 Å². The first kappa shape index (κ1) is 11.4. The minimum atomic E-state index is 0.465. The number of nitrogens with one attached hydrogen (secondary N) is 1. The molecular weight excluding hydrogens is 220 g/mol. The molecule has 0 aliphatic carbocycles. The lowest BCUT2D eigenvalue weighted by atomic mass is 10.4. The summed E-state index contributed by atoms with van der Waals surface area (Å²) in [6.45, 7) is 6.87. The summed E-state index contributed by atoms with van der Waals surface area (Å²) in [6.07, 6.45) is 0. The summed E-state index contributed by atoms with van der Waals surface area (Å²) in [5.41, 5.74) is 7.42. The van der Waals surface area contributed by atoms with Crippen LogP contribution < -0.4 is 11.1 Å². The maximum atomic E-state index is 5.94. The fraction of sp³-hybridized carbons (Fsp3) is 0.500. The molecule has 2 aromatic rings. The first-order chi connectivity index (χ1) is 8.11. The summed E-state index contributed by atoms with van der Waals surface area (Å²) in [5.74, 6) is 1.95. The van der Waals surface area contributed by atoms with Crippen LogP contribution in [0.25, 0.3) is 0 Å². The molecule has 3 N–H and O–H groups in total. The van der Waals surface area contributed by atoms with Gasteiger partial charge in [-0.05, 0) is 13.8 Å². The summed E-state index contributed by atoms with van der Waals surface area (Å²) < 4.78 is 6.71. The SMILES string of the molecule is CCn1nc(C)c(N)c1NCc1noc(C)n1. The molecule has 0 fully saturated rings. The Hall–Kier alpha value is -2.05. The standard InChI is InChI=1S/C10H16N6O/c1-4-16-10(9(11)6(2)14-16)12-5-8-13-7(3)17-15-8/h12H,4-5,11H2,1-3H3. The number of hydrogen-bond acceptors (Lipinski definition) is 6. The van der Waals surface area contributed by atoms with Crippen molar-refractivity contribution in [1.82, 2.24) is 19.9 Å². The molecule has 2 aromatic heterocycles. The maximum Gasteiger partial charge on any atom is 0.223 e. The van der Waals surface area contributed by atoms with Crippen LogP contribution in [0.2, 0.25) is 0 Å². The van der Waals surface area contributed by atoms with Crippen molar-refractivity contribution in [2.24, 2.45) is 0 Å². The van der Waals surface area contributed by atoms with Crippen molar-refractivity contribution in [3.8, 4) is 0 Å². The third-order valence-corrected chi connectivity index (χ3v) is 2.46. The molecule has 0 bridgehead atoms. The lowest BCUT2D eigenvalue weighted by molar-refractivity contribution is 0.388. The van der Waals surface area contributed by atoms with Gasteiger partial charge in [0, 0.05) is 13.5 Å². The number of aryl methyl sites for hydroxylation is 3. The highest BCUT2D eigenvalue weighted by molar-refractivity contribution is 5.64. The number of nitrogens with two attached hydrogens (primary N) is 1. The molecule has 2 heterocycles. The van der Waals surface area contributed by atoms with Gasteiger partial charge in [0.15, 0.2) is 5.82 Å². The van der Waals surface area contributed by atoms with Gasteiger partial charge in [-0.3, -0.25) is 0 Å². The van der Waals surface area contributed by atoms with Gasteiger partial charge in [-0.25, -0.2) is 4.68 Å². The highest BCUT2D eigenvalue weighted by Gasteiger charge is 2.12. The van der Waals surface area contributed by atoms with Crippen molar-refractivity contribution < 1.29 is 4.52 Å². The largest absolute Gasteiger partial charge is 0.394 e. The van der Waals surface area contributed by atoms with E-state index in [-0.39, 0.29) is 0 Å². The molecule has 0 saturated heterocycles. The number of nitrogen functional groups attached to an aromatic ring is 1. The third kappa shape index (κ3) is 2.22. The number of aromatic nitrogens is 4. The first-order valence-corrected chi connectivity index (χ1v) is 5.47. The lowest BCUT2D eigenvalue weighted by Crippen LogP contribution is -2.09. The molecule has 2 rings (SSSR count). The highest BCUT2D eigenvalue weighted by Crippen LogP contribution is 2.22. The van der Waals surface area contributed by atoms with Gasteiger partial charge >= 0.3 is 0 Å². The second-order valence-corrected chi connectivity index (χ2v) is 3.75. The van der Waals surface area contributed by atoms with E-state index in [1.807, 2.05) is 18.5 Å². The molecule has 0 aromatic carbocycles. The molecule has 0 amide bonds. The molecule has 7 heteroatoms. The molecule has 0 unspecified atom stereocenters. The first-order valence-electron chi connectivity index (χ1n) is 5.47. The van der Waals surface area contributed by atoms with Crippen LogP contribution in [-0.2, 0) is 13.1 Å². The Bertz CT molecular complexity index is 515. The van der Waals surface area contributed by atoms with Crippen LogP contribution in [0.15, 0.2) is 4.52 Å². The zero-order valence-electron chi connectivity index (χ0n) is 10.2. The summed E-state index contributed by atoms with van der Waals surface area (Å²) in [5, 5.41) is 11.3. The molecule has 0 saturated carbocycles. The number of rotatable bonds is 4. The van der Waals surface area contributed by atoms with Crippen LogP contribution in [0, 0.1) is 13.8 Å². The average molecular weight is 236 g/mol. The molecule has 92 valence electrons. The van der Waals surface area contributed by atoms with Gasteiger partial charge in [0.05, 0.1) is 17.9 Å². The van der Waals surface area contributed by atoms with Gasteiger partial charge in [0.1, 0.15) is 5.82 Å². The van der Waals surface area contributed by atoms with E-state index in [9.17, 15) is 0 Å². The molecule has 0 aliphatic heterocycles. The molecule has 0 spiro atoms. The van der Waals surface area contributed by atoms with Crippen molar-refractivity contribution in [1.29, 1.82) is 0 Å². The number of nitrogens with zero attached hydrogens (tertiary/aromatic N) is 4. The maximum absolute atomic E-state index is 5.94. The molecule has 0 atom stereocenters. The number of hydrogen-bond donors (Lipinski definition) is 2. The Morgan fingerprint density at radius 3 is 2.76 bits per heavy atom. The summed E-state index contributed by atoms with van der Waals surface area (Å²) in [6, 6.07) is 0. The monoisotopic (exact) mass is 236 g/mol. The van der Waals surface area contributed by atoms with E-state index in [1.165, 1.54) is 0 Å². The van der Waals surface area contributed by atoms with Crippen LogP contribution in [0.4, 0.5) is 11.5 Å². The van der Waals surface area contributed by atoms with Crippen LogP contribution >= 0.6 is 0 Å². The van der Waals surface area contributed by atoms with Gasteiger partial charge in [0.2, 0.25) is 5.89 Å². The van der Waals surface area contributed by atoms with Gasteiger partial charge in [0.25, 0.3) is 0 Å². The van der Waals surface area contributed by atoms with E-state index in [1.54, 1.807) is 6.92 Å². The van der Waals surface area contributed by atoms with E-state index in [4.69, 9.17) is 10.3 Å². The quantitative estimate of drug-likeness (QED) is 0.825. The predicted molar refractivity (Wildman–Crippen MR) is 63.4 cm³/mol. The molecule has 0 aliphatic rings. The van der Waals surface area contributed by atoms with Crippen LogP contribution in [0.3, 0.4) is 0 Å². The smallest absolute Gasteiger partial charge is 0.223 e. The summed E-state index contributed by atoms with van der Waals surface area (Å²) in [4.78, 5) is 4.11. The van der Waals surface area contributed by atoms with Gasteiger partial charge < -0.3 is 15.6 Å². The fourth-order valence-electron chi connectivity index (χ4n) is 1.59. The zero-order valence-corrected chi connectivity index (χ0v) is 10.2. The average Bonchev–Trinajstić information content (AvgIpc) is 2.83. The Kier molecular flexibility index (Phi) is 2.99. The van der Waals surface area contributed by atoms with Crippen LogP contribution in [-0.4, -0.2) is 19.9 Å². The fourth-order valence-corrected chi connectivity index (χ4v) is 1.59. The Morgan fingerprint density at radius 1 is 1.41 bits per heavy atom. The van der Waals surface area contributed by atoms with Gasteiger partial charge in [-0.15, -0.1) is 0 Å². The Morgan fingerprint density at radius 2 is 2.18 bits per heavy atom. The minimum Gasteiger partial charge on any atom is -0.394 e. The minimum absolute atomic E-state index is 0.465. The topological polar surface area (TPSA) is 94.8 Å². The highest BCUT2D eigenvalue weighted by atomic mass is 16.5. The van der Waals surface area contributed by atoms with Crippen molar-refractivity contribution in [2.45, 2.75) is 33.9 Å². The van der Waals surface area contributed by atoms with Gasteiger partial charge in [-0.1, -0.05) is 5.16 Å². The van der Waals surface area contributed by atoms with Crippen molar-refractivity contribution in [3.05, 3.63) is 17.4 Å². The number of anilines is 2. The van der Waals surface area contributed by atoms with Crippen molar-refractivity contribution in [2.75, 3.05) is 11.1 Å². The van der Waals surface area contributed by atoms with Crippen molar-refractivity contribution in [3.63, 3.8) is 0 Å². The zero-order chi connectivity index (χ0) is 12.4. The third-order valence-electron chi connectivity index (χ3n) is 2.46. The van der Waals surface area contributed by atoms with Crippen LogP contribution in [0.1, 0.15) is 24.3 Å². The summed E-state index contributed by atoms with van der Waals surface area (Å²) >= 11 is 0. The molecule has 17 heavy (non-hydrogen) atoms. The normalized spacial score (nSPS) is 10.8. The molecule has 0 radical (unpaired) electrons. The molecule has 7 nitrogen and oxygen atoms in total. The Balaban J connectivity index is 2.13. The van der Waals surface area contributed by atoms with Gasteiger partial charge in [-0.2, -0.15) is 10.1 Å². The molecular formula is C10H16N6O. The second kappa shape index (κ2) is 4.44. The second-order valence-electron chi connectivity index (χ2n) is 3.75. The predicted octanol–water partition coefficient (Wildman–Crippen LogP) is 1.10. The van der Waals surface area contributed by atoms with Crippen LogP contribution in [0.5, 0.6) is 0 Å². The lowest BCUT2D eigenvalue weighted by Gasteiger charge is -2.06. The van der Waals surface area contributed by atoms with E-state index in [0.29, 0.717) is 23.9 Å². The Labute approximate surface area is 99.0 Å². The van der Waals surface area contributed by atoms with E-state index >= 15 is 0 Å². The summed E-state index contributed by atoms with van der Waals surface area (Å²) in [7, 11) is 0. The van der Waals surface area contributed by atoms with Crippen molar-refractivity contribution >= 4 is 11.5 Å². The van der Waals surface area contributed by atoms with E-state index in [0.717, 1.165) is 18.1 Å². The van der Waals surface area contributed by atoms with E-state index in [2.05, 4.69) is 20.6 Å².